The Morgan fingerprint density at radius 2 is 1.50 bits per heavy atom. The van der Waals surface area contributed by atoms with Crippen LogP contribution in [0, 0.1) is 0 Å². The van der Waals surface area contributed by atoms with Crippen molar-refractivity contribution in [1.82, 2.24) is 0 Å². The Morgan fingerprint density at radius 1 is 0.857 bits per heavy atom. The molecule has 0 bridgehead atoms. The minimum atomic E-state index is -4.35. The van der Waals surface area contributed by atoms with Gasteiger partial charge in [0.1, 0.15) is 4.90 Å². The summed E-state index contributed by atoms with van der Waals surface area (Å²) in [7, 11) is -2.83. The molecule has 6 nitrogen and oxygen atoms in total. The van der Waals surface area contributed by atoms with Gasteiger partial charge >= 0.3 is 0 Å². The highest BCUT2D eigenvalue weighted by Gasteiger charge is 2.20. The third-order valence-electron chi connectivity index (χ3n) is 4.51. The minimum Gasteiger partial charge on any atom is -0.493 e. The molecule has 0 aliphatic rings. The van der Waals surface area contributed by atoms with Gasteiger partial charge in [0, 0.05) is 19.3 Å². The third kappa shape index (κ3) is 9.26. The molecule has 0 unspecified atom stereocenters. The lowest BCUT2D eigenvalue weighted by molar-refractivity contribution is 0.128. The predicted molar refractivity (Wildman–Crippen MR) is 111 cm³/mol. The second kappa shape index (κ2) is 13.8. The molecule has 1 N–H and O–H groups in total. The van der Waals surface area contributed by atoms with Crippen molar-refractivity contribution in [3.8, 4) is 11.5 Å². The molecule has 0 amide bonds. The number of ether oxygens (including phenoxy) is 3. The van der Waals surface area contributed by atoms with E-state index in [0.717, 1.165) is 44.9 Å². The molecule has 0 heterocycles. The lowest BCUT2D eigenvalue weighted by atomic mass is 10.1. The zero-order chi connectivity index (χ0) is 20.8. The molecule has 0 aliphatic carbocycles. The van der Waals surface area contributed by atoms with Crippen LogP contribution in [0.25, 0.3) is 0 Å². The first kappa shape index (κ1) is 24.7. The van der Waals surface area contributed by atoms with Crippen LogP contribution in [0.1, 0.15) is 70.8 Å². The second-order valence-electron chi connectivity index (χ2n) is 6.92. The summed E-state index contributed by atoms with van der Waals surface area (Å²) < 4.78 is 50.0. The van der Waals surface area contributed by atoms with Gasteiger partial charge in [-0.2, -0.15) is 8.42 Å². The van der Waals surface area contributed by atoms with Crippen molar-refractivity contribution >= 4 is 10.1 Å². The molecular weight excluding hydrogens is 380 g/mol. The SMILES string of the molecule is CCCCCCOc1cc(S(=O)(=O)O)c(CCCOCCCCC)cc1OC. The summed E-state index contributed by atoms with van der Waals surface area (Å²) in [5.41, 5.74) is 0.509. The van der Waals surface area contributed by atoms with E-state index in [-0.39, 0.29) is 4.90 Å². The van der Waals surface area contributed by atoms with Crippen molar-refractivity contribution in [2.75, 3.05) is 26.9 Å². The molecule has 28 heavy (non-hydrogen) atoms. The van der Waals surface area contributed by atoms with Crippen molar-refractivity contribution < 1.29 is 27.2 Å². The van der Waals surface area contributed by atoms with E-state index in [4.69, 9.17) is 14.2 Å². The van der Waals surface area contributed by atoms with E-state index in [2.05, 4.69) is 13.8 Å². The first-order valence-electron chi connectivity index (χ1n) is 10.3. The number of hydrogen-bond acceptors (Lipinski definition) is 5. The van der Waals surface area contributed by atoms with Crippen LogP contribution in [-0.2, 0) is 21.3 Å². The molecule has 0 spiro atoms. The molecule has 1 rings (SSSR count). The molecule has 1 aromatic carbocycles. The van der Waals surface area contributed by atoms with E-state index in [1.807, 2.05) is 0 Å². The van der Waals surface area contributed by atoms with Crippen LogP contribution in [0.4, 0.5) is 0 Å². The molecule has 0 radical (unpaired) electrons. The predicted octanol–water partition coefficient (Wildman–Crippen LogP) is 5.04. The molecule has 0 saturated heterocycles. The highest BCUT2D eigenvalue weighted by atomic mass is 32.2. The van der Waals surface area contributed by atoms with Crippen molar-refractivity contribution in [3.63, 3.8) is 0 Å². The van der Waals surface area contributed by atoms with E-state index >= 15 is 0 Å². The number of methoxy groups -OCH3 is 1. The lowest BCUT2D eigenvalue weighted by Crippen LogP contribution is -2.08. The van der Waals surface area contributed by atoms with Gasteiger partial charge in [0.2, 0.25) is 0 Å². The fraction of sp³-hybridized carbons (Fsp3) is 0.714. The first-order valence-corrected chi connectivity index (χ1v) is 11.8. The van der Waals surface area contributed by atoms with E-state index in [1.165, 1.54) is 13.2 Å². The van der Waals surface area contributed by atoms with Gasteiger partial charge < -0.3 is 14.2 Å². The highest BCUT2D eigenvalue weighted by molar-refractivity contribution is 7.85. The third-order valence-corrected chi connectivity index (χ3v) is 5.44. The van der Waals surface area contributed by atoms with Crippen LogP contribution in [0.3, 0.4) is 0 Å². The minimum absolute atomic E-state index is 0.122. The van der Waals surface area contributed by atoms with Gasteiger partial charge in [-0.05, 0) is 37.3 Å². The van der Waals surface area contributed by atoms with Gasteiger partial charge in [-0.15, -0.1) is 0 Å². The lowest BCUT2D eigenvalue weighted by Gasteiger charge is -2.15. The standard InChI is InChI=1S/C21H36O6S/c1-4-6-8-10-15-27-20-17-21(28(22,23)24)18(16-19(20)25-3)12-11-14-26-13-9-7-5-2/h16-17H,4-15H2,1-3H3,(H,22,23,24). The summed E-state index contributed by atoms with van der Waals surface area (Å²) in [5, 5.41) is 0. The normalized spacial score (nSPS) is 11.6. The van der Waals surface area contributed by atoms with Crippen molar-refractivity contribution in [2.45, 2.75) is 76.5 Å². The van der Waals surface area contributed by atoms with Gasteiger partial charge in [0.05, 0.1) is 13.7 Å². The summed E-state index contributed by atoms with van der Waals surface area (Å²) in [5.74, 6) is 0.813. The Hall–Kier alpha value is -1.31. The van der Waals surface area contributed by atoms with Gasteiger partial charge in [0.15, 0.2) is 11.5 Å². The fourth-order valence-corrected chi connectivity index (χ4v) is 3.67. The van der Waals surface area contributed by atoms with Gasteiger partial charge in [0.25, 0.3) is 10.1 Å². The van der Waals surface area contributed by atoms with Crippen molar-refractivity contribution in [2.24, 2.45) is 0 Å². The van der Waals surface area contributed by atoms with Crippen LogP contribution < -0.4 is 9.47 Å². The first-order chi connectivity index (χ1) is 13.4. The van der Waals surface area contributed by atoms with Crippen molar-refractivity contribution in [3.05, 3.63) is 17.7 Å². The Kier molecular flexibility index (Phi) is 12.2. The quantitative estimate of drug-likeness (QED) is 0.300. The number of aryl methyl sites for hydroxylation is 1. The van der Waals surface area contributed by atoms with Crippen LogP contribution >= 0.6 is 0 Å². The summed E-state index contributed by atoms with van der Waals surface area (Å²) in [6.07, 6.45) is 8.66. The zero-order valence-electron chi connectivity index (χ0n) is 17.5. The smallest absolute Gasteiger partial charge is 0.294 e. The molecule has 0 aromatic heterocycles. The molecule has 0 saturated carbocycles. The average Bonchev–Trinajstić information content (AvgIpc) is 2.66. The maximum Gasteiger partial charge on any atom is 0.294 e. The maximum absolute atomic E-state index is 11.9. The van der Waals surface area contributed by atoms with E-state index in [0.29, 0.717) is 49.7 Å². The Labute approximate surface area is 170 Å². The fourth-order valence-electron chi connectivity index (χ4n) is 2.92. The molecule has 162 valence electrons. The zero-order valence-corrected chi connectivity index (χ0v) is 18.4. The Morgan fingerprint density at radius 3 is 2.14 bits per heavy atom. The Bertz CT molecular complexity index is 657. The highest BCUT2D eigenvalue weighted by Crippen LogP contribution is 2.34. The number of unbranched alkanes of at least 4 members (excludes halogenated alkanes) is 5. The monoisotopic (exact) mass is 416 g/mol. The van der Waals surface area contributed by atoms with Gasteiger partial charge in [-0.3, -0.25) is 4.55 Å². The molecule has 0 aliphatic heterocycles. The Balaban J connectivity index is 2.77. The molecule has 0 atom stereocenters. The molecular formula is C21H36O6S. The van der Waals surface area contributed by atoms with Crippen LogP contribution in [-0.4, -0.2) is 39.9 Å². The van der Waals surface area contributed by atoms with Gasteiger partial charge in [-0.1, -0.05) is 46.0 Å². The number of rotatable bonds is 16. The van der Waals surface area contributed by atoms with Crippen LogP contribution in [0.5, 0.6) is 11.5 Å². The largest absolute Gasteiger partial charge is 0.493 e. The molecule has 0 fully saturated rings. The van der Waals surface area contributed by atoms with Crippen molar-refractivity contribution in [1.29, 1.82) is 0 Å². The summed E-state index contributed by atoms with van der Waals surface area (Å²) in [6.45, 7) is 6.02. The second-order valence-corrected chi connectivity index (χ2v) is 8.31. The molecule has 7 heteroatoms. The van der Waals surface area contributed by atoms with E-state index < -0.39 is 10.1 Å². The van der Waals surface area contributed by atoms with Gasteiger partial charge in [-0.25, -0.2) is 0 Å². The maximum atomic E-state index is 11.9. The average molecular weight is 417 g/mol. The summed E-state index contributed by atoms with van der Waals surface area (Å²) in [4.78, 5) is -0.122. The number of hydrogen-bond donors (Lipinski definition) is 1. The topological polar surface area (TPSA) is 82.1 Å². The van der Waals surface area contributed by atoms with E-state index in [9.17, 15) is 13.0 Å². The summed E-state index contributed by atoms with van der Waals surface area (Å²) >= 11 is 0. The molecule has 1 aromatic rings. The van der Waals surface area contributed by atoms with E-state index in [1.54, 1.807) is 6.07 Å². The van der Waals surface area contributed by atoms with Crippen LogP contribution in [0.2, 0.25) is 0 Å². The summed E-state index contributed by atoms with van der Waals surface area (Å²) in [6, 6.07) is 3.01. The number of benzene rings is 1. The van der Waals surface area contributed by atoms with Crippen LogP contribution in [0.15, 0.2) is 17.0 Å².